The Labute approximate surface area is 274 Å². The molecule has 0 bridgehead atoms. The fraction of sp³-hybridized carbons (Fsp3) is 0.278. The summed E-state index contributed by atoms with van der Waals surface area (Å²) in [6.07, 6.45) is 5.37. The highest BCUT2D eigenvalue weighted by molar-refractivity contribution is 9.10. The molecule has 45 heavy (non-hydrogen) atoms. The number of benzene rings is 4. The Hall–Kier alpha value is -3.95. The Morgan fingerprint density at radius 1 is 0.756 bits per heavy atom. The predicted molar refractivity (Wildman–Crippen MR) is 181 cm³/mol. The first-order valence-electron chi connectivity index (χ1n) is 15.3. The summed E-state index contributed by atoms with van der Waals surface area (Å²) < 4.78 is 30.0. The van der Waals surface area contributed by atoms with Crippen LogP contribution in [0.5, 0.6) is 0 Å². The molecule has 0 heterocycles. The van der Waals surface area contributed by atoms with E-state index >= 15 is 0 Å². The first-order valence-corrected chi connectivity index (χ1v) is 17.6. The predicted octanol–water partition coefficient (Wildman–Crippen LogP) is 6.73. The normalized spacial score (nSPS) is 14.3. The van der Waals surface area contributed by atoms with Crippen molar-refractivity contribution in [3.8, 4) is 0 Å². The molecular weight excluding hydrogens is 650 g/mol. The summed E-state index contributed by atoms with van der Waals surface area (Å²) in [6.45, 7) is -0.331. The number of rotatable bonds is 12. The molecule has 9 heteroatoms. The lowest BCUT2D eigenvalue weighted by Crippen LogP contribution is -2.55. The van der Waals surface area contributed by atoms with E-state index < -0.39 is 28.5 Å². The highest BCUT2D eigenvalue weighted by atomic mass is 79.9. The largest absolute Gasteiger partial charge is 0.352 e. The van der Waals surface area contributed by atoms with Crippen LogP contribution in [0.1, 0.15) is 43.2 Å². The summed E-state index contributed by atoms with van der Waals surface area (Å²) in [5.74, 6) is -0.697. The monoisotopic (exact) mass is 687 g/mol. The van der Waals surface area contributed by atoms with Crippen molar-refractivity contribution in [2.75, 3.05) is 10.8 Å². The molecule has 1 saturated carbocycles. The molecule has 0 spiro atoms. The van der Waals surface area contributed by atoms with Crippen LogP contribution in [0.25, 0.3) is 0 Å². The second kappa shape index (κ2) is 15.4. The number of nitrogens with zero attached hydrogens (tertiary/aromatic N) is 2. The van der Waals surface area contributed by atoms with Crippen molar-refractivity contribution in [2.24, 2.45) is 0 Å². The molecular formula is C36H38BrN3O4S. The lowest BCUT2D eigenvalue weighted by atomic mass is 9.94. The molecule has 234 valence electrons. The van der Waals surface area contributed by atoms with E-state index in [9.17, 15) is 18.0 Å². The molecule has 4 aromatic rings. The fourth-order valence-corrected chi connectivity index (χ4v) is 7.43. The molecule has 1 fully saturated rings. The number of carbonyl (C=O) groups is 2. The minimum absolute atomic E-state index is 0.0518. The molecule has 2 amide bonds. The number of hydrogen-bond acceptors (Lipinski definition) is 4. The fourth-order valence-electron chi connectivity index (χ4n) is 5.73. The van der Waals surface area contributed by atoms with E-state index in [1.54, 1.807) is 47.4 Å². The zero-order valence-electron chi connectivity index (χ0n) is 25.1. The molecule has 1 aliphatic rings. The Morgan fingerprint density at radius 3 is 1.91 bits per heavy atom. The van der Waals surface area contributed by atoms with Gasteiger partial charge in [-0.3, -0.25) is 13.9 Å². The smallest absolute Gasteiger partial charge is 0.264 e. The van der Waals surface area contributed by atoms with Crippen molar-refractivity contribution in [3.63, 3.8) is 0 Å². The van der Waals surface area contributed by atoms with Crippen LogP contribution in [-0.2, 0) is 32.6 Å². The van der Waals surface area contributed by atoms with Gasteiger partial charge < -0.3 is 10.2 Å². The maximum atomic E-state index is 14.5. The lowest BCUT2D eigenvalue weighted by molar-refractivity contribution is -0.140. The van der Waals surface area contributed by atoms with Gasteiger partial charge in [-0.15, -0.1) is 0 Å². The zero-order valence-corrected chi connectivity index (χ0v) is 27.5. The van der Waals surface area contributed by atoms with Crippen LogP contribution in [0, 0.1) is 0 Å². The number of carbonyl (C=O) groups excluding carboxylic acids is 2. The second-order valence-corrected chi connectivity index (χ2v) is 14.1. The summed E-state index contributed by atoms with van der Waals surface area (Å²) in [5, 5.41) is 3.24. The third-order valence-electron chi connectivity index (χ3n) is 8.14. The van der Waals surface area contributed by atoms with E-state index in [0.29, 0.717) is 12.1 Å². The summed E-state index contributed by atoms with van der Waals surface area (Å²) in [6, 6.07) is 33.2. The summed E-state index contributed by atoms with van der Waals surface area (Å²) in [7, 11) is -4.13. The number of sulfonamides is 1. The number of anilines is 1. The van der Waals surface area contributed by atoms with Crippen molar-refractivity contribution in [3.05, 3.63) is 131 Å². The van der Waals surface area contributed by atoms with Gasteiger partial charge in [0, 0.05) is 23.5 Å². The van der Waals surface area contributed by atoms with Crippen LogP contribution in [-0.4, -0.2) is 43.8 Å². The molecule has 1 unspecified atom stereocenters. The molecule has 1 aliphatic carbocycles. The molecule has 0 saturated heterocycles. The Morgan fingerprint density at radius 2 is 1.31 bits per heavy atom. The quantitative estimate of drug-likeness (QED) is 0.179. The lowest BCUT2D eigenvalue weighted by Gasteiger charge is -2.35. The molecule has 0 aliphatic heterocycles. The van der Waals surface area contributed by atoms with Gasteiger partial charge in [-0.05, 0) is 60.4 Å². The number of halogens is 1. The molecule has 5 rings (SSSR count). The Kier molecular flexibility index (Phi) is 11.1. The van der Waals surface area contributed by atoms with Crippen molar-refractivity contribution < 1.29 is 18.0 Å². The number of nitrogens with one attached hydrogen (secondary N) is 1. The maximum Gasteiger partial charge on any atom is 0.264 e. The van der Waals surface area contributed by atoms with Gasteiger partial charge in [0.1, 0.15) is 12.6 Å². The summed E-state index contributed by atoms with van der Waals surface area (Å²) in [5.41, 5.74) is 2.10. The van der Waals surface area contributed by atoms with Gasteiger partial charge in [-0.2, -0.15) is 0 Å². The van der Waals surface area contributed by atoms with Gasteiger partial charge in [-0.25, -0.2) is 8.42 Å². The molecule has 1 N–H and O–H groups in total. The standard InChI is InChI=1S/C36H38BrN3O4S/c37-30-21-23-32(24-22-30)40(45(43,44)33-19-11-4-12-20-33)27-35(41)39(26-29-15-7-2-8-16-29)34(25-28-13-5-1-6-14-28)36(42)38-31-17-9-3-10-18-31/h1-2,4-8,11-16,19-24,31,34H,3,9-10,17-18,25-27H2,(H,38,42). The molecule has 0 aromatic heterocycles. The van der Waals surface area contributed by atoms with Gasteiger partial charge >= 0.3 is 0 Å². The third kappa shape index (κ3) is 8.61. The first-order chi connectivity index (χ1) is 21.8. The van der Waals surface area contributed by atoms with E-state index in [1.165, 1.54) is 12.1 Å². The third-order valence-corrected chi connectivity index (χ3v) is 10.5. The van der Waals surface area contributed by atoms with Crippen molar-refractivity contribution in [2.45, 2.75) is 62.0 Å². The molecule has 7 nitrogen and oxygen atoms in total. The van der Waals surface area contributed by atoms with Gasteiger partial charge in [-0.1, -0.05) is 114 Å². The second-order valence-electron chi connectivity index (χ2n) is 11.4. The summed E-state index contributed by atoms with van der Waals surface area (Å²) >= 11 is 3.42. The van der Waals surface area contributed by atoms with Crippen LogP contribution in [0.3, 0.4) is 0 Å². The van der Waals surface area contributed by atoms with Crippen molar-refractivity contribution in [1.82, 2.24) is 10.2 Å². The molecule has 0 radical (unpaired) electrons. The van der Waals surface area contributed by atoms with E-state index in [4.69, 9.17) is 0 Å². The maximum absolute atomic E-state index is 14.5. The van der Waals surface area contributed by atoms with Crippen LogP contribution in [0.2, 0.25) is 0 Å². The van der Waals surface area contributed by atoms with E-state index in [1.807, 2.05) is 60.7 Å². The number of hydrogen-bond donors (Lipinski definition) is 1. The highest BCUT2D eigenvalue weighted by Gasteiger charge is 2.35. The highest BCUT2D eigenvalue weighted by Crippen LogP contribution is 2.27. The van der Waals surface area contributed by atoms with Gasteiger partial charge in [0.15, 0.2) is 0 Å². The van der Waals surface area contributed by atoms with Gasteiger partial charge in [0.25, 0.3) is 10.0 Å². The van der Waals surface area contributed by atoms with Crippen LogP contribution in [0.4, 0.5) is 5.69 Å². The average Bonchev–Trinajstić information content (AvgIpc) is 3.07. The van der Waals surface area contributed by atoms with E-state index in [2.05, 4.69) is 21.2 Å². The average molecular weight is 689 g/mol. The summed E-state index contributed by atoms with van der Waals surface area (Å²) in [4.78, 5) is 30.3. The van der Waals surface area contributed by atoms with Crippen molar-refractivity contribution >= 4 is 43.5 Å². The van der Waals surface area contributed by atoms with E-state index in [-0.39, 0.29) is 23.4 Å². The number of amides is 2. The minimum atomic E-state index is -4.13. The zero-order chi connectivity index (χ0) is 31.6. The topological polar surface area (TPSA) is 86.8 Å². The van der Waals surface area contributed by atoms with Gasteiger partial charge in [0.05, 0.1) is 10.6 Å². The Balaban J connectivity index is 1.54. The Bertz CT molecular complexity index is 1650. The molecule has 4 aromatic carbocycles. The van der Waals surface area contributed by atoms with E-state index in [0.717, 1.165) is 52.0 Å². The van der Waals surface area contributed by atoms with Crippen LogP contribution < -0.4 is 9.62 Å². The SMILES string of the molecule is O=C(NC1CCCCC1)C(Cc1ccccc1)N(Cc1ccccc1)C(=O)CN(c1ccc(Br)cc1)S(=O)(=O)c1ccccc1. The van der Waals surface area contributed by atoms with Crippen LogP contribution in [0.15, 0.2) is 125 Å². The van der Waals surface area contributed by atoms with Crippen LogP contribution >= 0.6 is 15.9 Å². The molecule has 1 atom stereocenters. The van der Waals surface area contributed by atoms with Crippen molar-refractivity contribution in [1.29, 1.82) is 0 Å². The minimum Gasteiger partial charge on any atom is -0.352 e. The van der Waals surface area contributed by atoms with Gasteiger partial charge in [0.2, 0.25) is 11.8 Å². The first kappa shape index (κ1) is 32.4.